The van der Waals surface area contributed by atoms with E-state index in [2.05, 4.69) is 52.9 Å². The minimum Gasteiger partial charge on any atom is -0.369 e. The van der Waals surface area contributed by atoms with Gasteiger partial charge in [0.25, 0.3) is 0 Å². The highest BCUT2D eigenvalue weighted by molar-refractivity contribution is 9.08. The fraction of sp³-hybridized carbons (Fsp3) is 0.538. The molecule has 0 radical (unpaired) electrons. The Morgan fingerprint density at radius 3 is 2.60 bits per heavy atom. The van der Waals surface area contributed by atoms with Crippen LogP contribution in [0.25, 0.3) is 0 Å². The predicted molar refractivity (Wildman–Crippen MR) is 69.9 cm³/mol. The molecule has 1 nitrogen and oxygen atoms in total. The summed E-state index contributed by atoms with van der Waals surface area (Å²) in [6.07, 6.45) is 2.74. The van der Waals surface area contributed by atoms with Crippen molar-refractivity contribution in [3.05, 3.63) is 29.3 Å². The largest absolute Gasteiger partial charge is 0.369 e. The first-order valence-electron chi connectivity index (χ1n) is 5.68. The van der Waals surface area contributed by atoms with E-state index in [9.17, 15) is 0 Å². The van der Waals surface area contributed by atoms with Gasteiger partial charge in [0.05, 0.1) is 0 Å². The summed E-state index contributed by atoms with van der Waals surface area (Å²) in [6, 6.07) is 7.59. The van der Waals surface area contributed by atoms with Crippen molar-refractivity contribution in [2.45, 2.75) is 38.1 Å². The van der Waals surface area contributed by atoms with Crippen molar-refractivity contribution >= 4 is 21.6 Å². The molecule has 82 valence electrons. The molecule has 0 heterocycles. The highest BCUT2D eigenvalue weighted by Crippen LogP contribution is 2.33. The van der Waals surface area contributed by atoms with Crippen LogP contribution in [-0.4, -0.2) is 12.6 Å². The number of nitrogens with zero attached hydrogens (tertiary/aromatic N) is 1. The van der Waals surface area contributed by atoms with Crippen LogP contribution in [-0.2, 0) is 5.33 Å². The van der Waals surface area contributed by atoms with Gasteiger partial charge in [0.1, 0.15) is 0 Å². The fourth-order valence-corrected chi connectivity index (χ4v) is 2.48. The Hall–Kier alpha value is -0.500. The summed E-state index contributed by atoms with van der Waals surface area (Å²) >= 11 is 3.50. The quantitative estimate of drug-likeness (QED) is 0.749. The molecule has 0 spiro atoms. The number of aryl methyl sites for hydroxylation is 1. The van der Waals surface area contributed by atoms with Crippen LogP contribution in [0.4, 0.5) is 5.69 Å². The molecule has 0 saturated heterocycles. The van der Waals surface area contributed by atoms with Crippen LogP contribution in [0.5, 0.6) is 0 Å². The summed E-state index contributed by atoms with van der Waals surface area (Å²) in [5.41, 5.74) is 4.19. The van der Waals surface area contributed by atoms with E-state index in [1.165, 1.54) is 29.7 Å². The van der Waals surface area contributed by atoms with Crippen LogP contribution in [0.15, 0.2) is 18.2 Å². The molecule has 2 heteroatoms. The topological polar surface area (TPSA) is 3.24 Å². The summed E-state index contributed by atoms with van der Waals surface area (Å²) in [5, 5.41) is 0.948. The van der Waals surface area contributed by atoms with E-state index in [1.54, 1.807) is 0 Å². The zero-order valence-electron chi connectivity index (χ0n) is 9.46. The van der Waals surface area contributed by atoms with Gasteiger partial charge in [0.15, 0.2) is 0 Å². The van der Waals surface area contributed by atoms with Crippen molar-refractivity contribution in [3.63, 3.8) is 0 Å². The van der Waals surface area contributed by atoms with Crippen molar-refractivity contribution in [2.75, 3.05) is 11.4 Å². The number of rotatable bonds is 4. The SMILES string of the molecule is CCN(c1ccc(CBr)cc1C)C1CC1. The number of alkyl halides is 1. The predicted octanol–water partition coefficient (Wildman–Crippen LogP) is 3.88. The van der Waals surface area contributed by atoms with Gasteiger partial charge in [-0.05, 0) is 43.9 Å². The molecular weight excluding hydrogens is 250 g/mol. The molecule has 2 rings (SSSR count). The summed E-state index contributed by atoms with van der Waals surface area (Å²) in [6.45, 7) is 5.59. The number of benzene rings is 1. The summed E-state index contributed by atoms with van der Waals surface area (Å²) < 4.78 is 0. The molecule has 0 N–H and O–H groups in total. The molecule has 0 aromatic heterocycles. The third-order valence-electron chi connectivity index (χ3n) is 3.05. The second-order valence-electron chi connectivity index (χ2n) is 4.27. The molecule has 1 aliphatic carbocycles. The standard InChI is InChI=1S/C13H18BrN/c1-3-15(12-5-6-12)13-7-4-11(9-14)8-10(13)2/h4,7-8,12H,3,5-6,9H2,1-2H3. The Balaban J connectivity index is 2.26. The molecule has 0 amide bonds. The Bertz CT molecular complexity index is 344. The van der Waals surface area contributed by atoms with Gasteiger partial charge < -0.3 is 4.90 Å². The Morgan fingerprint density at radius 2 is 2.13 bits per heavy atom. The van der Waals surface area contributed by atoms with Gasteiger partial charge >= 0.3 is 0 Å². The molecule has 1 aromatic rings. The highest BCUT2D eigenvalue weighted by Gasteiger charge is 2.28. The Kier molecular flexibility index (Phi) is 3.35. The van der Waals surface area contributed by atoms with Crippen LogP contribution in [0, 0.1) is 6.92 Å². The van der Waals surface area contributed by atoms with E-state index in [0.717, 1.165) is 17.9 Å². The van der Waals surface area contributed by atoms with Crippen molar-refractivity contribution in [3.8, 4) is 0 Å². The first-order chi connectivity index (χ1) is 7.26. The molecule has 1 saturated carbocycles. The van der Waals surface area contributed by atoms with Crippen molar-refractivity contribution in [1.82, 2.24) is 0 Å². The average Bonchev–Trinajstić information content (AvgIpc) is 3.05. The van der Waals surface area contributed by atoms with E-state index in [4.69, 9.17) is 0 Å². The van der Waals surface area contributed by atoms with Crippen LogP contribution in [0.3, 0.4) is 0 Å². The second kappa shape index (κ2) is 4.56. The average molecular weight is 268 g/mol. The fourth-order valence-electron chi connectivity index (χ4n) is 2.13. The Labute approximate surface area is 101 Å². The summed E-state index contributed by atoms with van der Waals surface area (Å²) in [5.74, 6) is 0. The molecule has 15 heavy (non-hydrogen) atoms. The smallest absolute Gasteiger partial charge is 0.0398 e. The number of anilines is 1. The van der Waals surface area contributed by atoms with E-state index in [0.29, 0.717) is 0 Å². The van der Waals surface area contributed by atoms with Gasteiger partial charge in [-0.2, -0.15) is 0 Å². The van der Waals surface area contributed by atoms with E-state index in [-0.39, 0.29) is 0 Å². The lowest BCUT2D eigenvalue weighted by Gasteiger charge is -2.25. The summed E-state index contributed by atoms with van der Waals surface area (Å²) in [7, 11) is 0. The lowest BCUT2D eigenvalue weighted by Crippen LogP contribution is -2.25. The maximum atomic E-state index is 3.50. The number of halogens is 1. The third kappa shape index (κ3) is 2.36. The van der Waals surface area contributed by atoms with Gasteiger partial charge in [0.2, 0.25) is 0 Å². The third-order valence-corrected chi connectivity index (χ3v) is 3.70. The maximum Gasteiger partial charge on any atom is 0.0398 e. The zero-order valence-corrected chi connectivity index (χ0v) is 11.0. The van der Waals surface area contributed by atoms with Gasteiger partial charge in [-0.15, -0.1) is 0 Å². The maximum absolute atomic E-state index is 3.50. The number of hydrogen-bond donors (Lipinski definition) is 0. The molecule has 1 fully saturated rings. The van der Waals surface area contributed by atoms with Crippen molar-refractivity contribution in [2.24, 2.45) is 0 Å². The van der Waals surface area contributed by atoms with Gasteiger partial charge in [-0.25, -0.2) is 0 Å². The van der Waals surface area contributed by atoms with Crippen LogP contribution >= 0.6 is 15.9 Å². The van der Waals surface area contributed by atoms with E-state index >= 15 is 0 Å². The highest BCUT2D eigenvalue weighted by atomic mass is 79.9. The van der Waals surface area contributed by atoms with E-state index < -0.39 is 0 Å². The lowest BCUT2D eigenvalue weighted by molar-refractivity contribution is 0.822. The normalized spacial score (nSPS) is 15.4. The minimum absolute atomic E-state index is 0.809. The van der Waals surface area contributed by atoms with E-state index in [1.807, 2.05) is 0 Å². The first kappa shape index (κ1) is 11.0. The Morgan fingerprint density at radius 1 is 1.40 bits per heavy atom. The van der Waals surface area contributed by atoms with Crippen LogP contribution in [0.1, 0.15) is 30.9 Å². The minimum atomic E-state index is 0.809. The second-order valence-corrected chi connectivity index (χ2v) is 4.83. The molecule has 1 aliphatic rings. The van der Waals surface area contributed by atoms with Crippen molar-refractivity contribution in [1.29, 1.82) is 0 Å². The van der Waals surface area contributed by atoms with Crippen LogP contribution in [0.2, 0.25) is 0 Å². The lowest BCUT2D eigenvalue weighted by atomic mass is 10.1. The number of hydrogen-bond acceptors (Lipinski definition) is 1. The van der Waals surface area contributed by atoms with Gasteiger partial charge in [-0.1, -0.05) is 28.1 Å². The van der Waals surface area contributed by atoms with Gasteiger partial charge in [-0.3, -0.25) is 0 Å². The molecule has 0 bridgehead atoms. The molecule has 0 unspecified atom stereocenters. The zero-order chi connectivity index (χ0) is 10.8. The van der Waals surface area contributed by atoms with Crippen LogP contribution < -0.4 is 4.90 Å². The monoisotopic (exact) mass is 267 g/mol. The van der Waals surface area contributed by atoms with Gasteiger partial charge in [0, 0.05) is 23.6 Å². The summed E-state index contributed by atoms with van der Waals surface area (Å²) in [4.78, 5) is 2.54. The first-order valence-corrected chi connectivity index (χ1v) is 6.80. The molecule has 1 aromatic carbocycles. The molecule has 0 aliphatic heterocycles. The molecule has 0 atom stereocenters. The van der Waals surface area contributed by atoms with Crippen molar-refractivity contribution < 1.29 is 0 Å². The molecular formula is C13H18BrN.